The van der Waals surface area contributed by atoms with E-state index in [1.807, 2.05) is 60.7 Å². The van der Waals surface area contributed by atoms with Gasteiger partial charge in [-0.2, -0.15) is 0 Å². The molecule has 102 valence electrons. The third-order valence-electron chi connectivity index (χ3n) is 3.35. The fourth-order valence-corrected chi connectivity index (χ4v) is 2.23. The minimum absolute atomic E-state index is 0.440. The third kappa shape index (κ3) is 3.82. The van der Waals surface area contributed by atoms with Gasteiger partial charge in [0.15, 0.2) is 0 Å². The minimum Gasteiger partial charge on any atom is -0.481 e. The van der Waals surface area contributed by atoms with E-state index in [2.05, 4.69) is 6.58 Å². The summed E-state index contributed by atoms with van der Waals surface area (Å²) in [7, 11) is 0. The molecule has 2 nitrogen and oxygen atoms in total. The van der Waals surface area contributed by atoms with Crippen LogP contribution in [-0.4, -0.2) is 11.1 Å². The van der Waals surface area contributed by atoms with Gasteiger partial charge in [0.05, 0.1) is 5.92 Å². The molecule has 0 aliphatic carbocycles. The quantitative estimate of drug-likeness (QED) is 0.857. The molecule has 0 bridgehead atoms. The summed E-state index contributed by atoms with van der Waals surface area (Å²) in [5, 5.41) is 9.39. The molecule has 2 aromatic carbocycles. The van der Waals surface area contributed by atoms with Gasteiger partial charge in [0, 0.05) is 0 Å². The van der Waals surface area contributed by atoms with Crippen molar-refractivity contribution in [3.8, 4) is 0 Å². The zero-order valence-corrected chi connectivity index (χ0v) is 11.3. The molecular weight excluding hydrogens is 248 g/mol. The van der Waals surface area contributed by atoms with E-state index < -0.39 is 11.9 Å². The Labute approximate surface area is 119 Å². The highest BCUT2D eigenvalue weighted by Crippen LogP contribution is 2.23. The number of hydrogen-bond donors (Lipinski definition) is 1. The van der Waals surface area contributed by atoms with Gasteiger partial charge in [-0.3, -0.25) is 4.79 Å². The highest BCUT2D eigenvalue weighted by Gasteiger charge is 2.19. The lowest BCUT2D eigenvalue weighted by molar-refractivity contribution is -0.141. The SMILES string of the molecule is C=C(CC(Cc1ccccc1)C(=O)O)c1ccccc1. The first-order chi connectivity index (χ1) is 9.66. The predicted molar refractivity (Wildman–Crippen MR) is 81.4 cm³/mol. The number of hydrogen-bond acceptors (Lipinski definition) is 1. The van der Waals surface area contributed by atoms with Crippen molar-refractivity contribution in [3.63, 3.8) is 0 Å². The summed E-state index contributed by atoms with van der Waals surface area (Å²) in [4.78, 5) is 11.4. The molecule has 0 aliphatic heterocycles. The fraction of sp³-hybridized carbons (Fsp3) is 0.167. The van der Waals surface area contributed by atoms with Crippen LogP contribution in [0.25, 0.3) is 5.57 Å². The topological polar surface area (TPSA) is 37.3 Å². The van der Waals surface area contributed by atoms with Gasteiger partial charge in [-0.15, -0.1) is 0 Å². The highest BCUT2D eigenvalue weighted by molar-refractivity contribution is 5.75. The van der Waals surface area contributed by atoms with Gasteiger partial charge in [0.25, 0.3) is 0 Å². The van der Waals surface area contributed by atoms with E-state index in [4.69, 9.17) is 0 Å². The number of allylic oxidation sites excluding steroid dienone is 1. The van der Waals surface area contributed by atoms with E-state index in [-0.39, 0.29) is 0 Å². The van der Waals surface area contributed by atoms with Crippen LogP contribution in [0.3, 0.4) is 0 Å². The Hall–Kier alpha value is -2.35. The van der Waals surface area contributed by atoms with E-state index in [9.17, 15) is 9.90 Å². The number of carboxylic acids is 1. The maximum absolute atomic E-state index is 11.4. The van der Waals surface area contributed by atoms with Gasteiger partial charge < -0.3 is 5.11 Å². The molecule has 0 radical (unpaired) electrons. The summed E-state index contributed by atoms with van der Waals surface area (Å²) in [6.45, 7) is 4.03. The van der Waals surface area contributed by atoms with E-state index in [1.165, 1.54) is 0 Å². The second-order valence-electron chi connectivity index (χ2n) is 4.90. The number of benzene rings is 2. The number of rotatable bonds is 6. The molecule has 2 heteroatoms. The van der Waals surface area contributed by atoms with Crippen LogP contribution in [-0.2, 0) is 11.2 Å². The molecule has 20 heavy (non-hydrogen) atoms. The number of aliphatic carboxylic acids is 1. The third-order valence-corrected chi connectivity index (χ3v) is 3.35. The Kier molecular flexibility index (Phi) is 4.72. The molecule has 0 aromatic heterocycles. The summed E-state index contributed by atoms with van der Waals surface area (Å²) in [6, 6.07) is 19.5. The van der Waals surface area contributed by atoms with E-state index in [1.54, 1.807) is 0 Å². The van der Waals surface area contributed by atoms with E-state index >= 15 is 0 Å². The van der Waals surface area contributed by atoms with Crippen molar-refractivity contribution in [1.82, 2.24) is 0 Å². The van der Waals surface area contributed by atoms with Crippen molar-refractivity contribution in [2.45, 2.75) is 12.8 Å². The van der Waals surface area contributed by atoms with Gasteiger partial charge in [0.1, 0.15) is 0 Å². The lowest BCUT2D eigenvalue weighted by atomic mass is 9.90. The normalized spacial score (nSPS) is 11.8. The van der Waals surface area contributed by atoms with Crippen molar-refractivity contribution in [2.75, 3.05) is 0 Å². The summed E-state index contributed by atoms with van der Waals surface area (Å²) >= 11 is 0. The van der Waals surface area contributed by atoms with Crippen molar-refractivity contribution in [3.05, 3.63) is 78.4 Å². The van der Waals surface area contributed by atoms with Crippen LogP contribution in [0.5, 0.6) is 0 Å². The van der Waals surface area contributed by atoms with E-state index in [0.29, 0.717) is 12.8 Å². The molecule has 0 amide bonds. The molecule has 0 saturated carbocycles. The zero-order chi connectivity index (χ0) is 14.4. The zero-order valence-electron chi connectivity index (χ0n) is 11.3. The van der Waals surface area contributed by atoms with Crippen molar-refractivity contribution in [1.29, 1.82) is 0 Å². The molecule has 1 unspecified atom stereocenters. The van der Waals surface area contributed by atoms with Gasteiger partial charge in [-0.1, -0.05) is 67.2 Å². The molecule has 2 rings (SSSR count). The van der Waals surface area contributed by atoms with Crippen LogP contribution >= 0.6 is 0 Å². The Morgan fingerprint density at radius 2 is 1.55 bits per heavy atom. The van der Waals surface area contributed by atoms with Gasteiger partial charge >= 0.3 is 5.97 Å². The predicted octanol–water partition coefficient (Wildman–Crippen LogP) is 4.03. The first kappa shape index (κ1) is 14.1. The lowest BCUT2D eigenvalue weighted by Crippen LogP contribution is -2.16. The largest absolute Gasteiger partial charge is 0.481 e. The maximum atomic E-state index is 11.4. The molecule has 0 spiro atoms. The summed E-state index contributed by atoms with van der Waals surface area (Å²) < 4.78 is 0. The average molecular weight is 266 g/mol. The van der Waals surface area contributed by atoms with Crippen LogP contribution in [0.2, 0.25) is 0 Å². The van der Waals surface area contributed by atoms with Crippen molar-refractivity contribution < 1.29 is 9.90 Å². The number of carbonyl (C=O) groups is 1. The molecule has 1 N–H and O–H groups in total. The highest BCUT2D eigenvalue weighted by atomic mass is 16.4. The molecule has 2 aromatic rings. The summed E-state index contributed by atoms with van der Waals surface area (Å²) in [5.74, 6) is -1.21. The summed E-state index contributed by atoms with van der Waals surface area (Å²) in [5.41, 5.74) is 2.92. The van der Waals surface area contributed by atoms with Crippen LogP contribution in [0.15, 0.2) is 67.2 Å². The van der Waals surface area contributed by atoms with Crippen LogP contribution < -0.4 is 0 Å². The number of carboxylic acid groups (broad SMARTS) is 1. The van der Waals surface area contributed by atoms with Gasteiger partial charge in [-0.25, -0.2) is 0 Å². The Morgan fingerprint density at radius 1 is 1.00 bits per heavy atom. The van der Waals surface area contributed by atoms with Crippen LogP contribution in [0.1, 0.15) is 17.5 Å². The smallest absolute Gasteiger partial charge is 0.307 e. The summed E-state index contributed by atoms with van der Waals surface area (Å²) in [6.07, 6.45) is 0.996. The monoisotopic (exact) mass is 266 g/mol. The van der Waals surface area contributed by atoms with Gasteiger partial charge in [0.2, 0.25) is 0 Å². The Bertz CT molecular complexity index is 573. The molecule has 0 saturated heterocycles. The minimum atomic E-state index is -0.772. The van der Waals surface area contributed by atoms with Crippen LogP contribution in [0, 0.1) is 5.92 Å². The average Bonchev–Trinajstić information content (AvgIpc) is 2.48. The first-order valence-electron chi connectivity index (χ1n) is 6.66. The molecule has 1 atom stereocenters. The fourth-order valence-electron chi connectivity index (χ4n) is 2.23. The standard InChI is InChI=1S/C18H18O2/c1-14(16-10-6-3-7-11-16)12-17(18(19)20)13-15-8-4-2-5-9-15/h2-11,17H,1,12-13H2,(H,19,20). The first-order valence-corrected chi connectivity index (χ1v) is 6.66. The second kappa shape index (κ2) is 6.71. The molecule has 0 heterocycles. The molecular formula is C18H18O2. The lowest BCUT2D eigenvalue weighted by Gasteiger charge is -2.14. The van der Waals surface area contributed by atoms with E-state index in [0.717, 1.165) is 16.7 Å². The molecule has 0 aliphatic rings. The molecule has 0 fully saturated rings. The Morgan fingerprint density at radius 3 is 2.10 bits per heavy atom. The maximum Gasteiger partial charge on any atom is 0.307 e. The van der Waals surface area contributed by atoms with Crippen LogP contribution in [0.4, 0.5) is 0 Å². The van der Waals surface area contributed by atoms with Crippen molar-refractivity contribution >= 4 is 11.5 Å². The second-order valence-corrected chi connectivity index (χ2v) is 4.90. The Balaban J connectivity index is 2.07. The van der Waals surface area contributed by atoms with Gasteiger partial charge in [-0.05, 0) is 29.5 Å². The van der Waals surface area contributed by atoms with Crippen molar-refractivity contribution in [2.24, 2.45) is 5.92 Å².